The summed E-state index contributed by atoms with van der Waals surface area (Å²) in [5.41, 5.74) is 11.5. The molecule has 0 saturated carbocycles. The van der Waals surface area contributed by atoms with Gasteiger partial charge in [0.25, 0.3) is 0 Å². The molecule has 0 amide bonds. The van der Waals surface area contributed by atoms with Crippen molar-refractivity contribution in [3.63, 3.8) is 0 Å². The van der Waals surface area contributed by atoms with E-state index in [9.17, 15) is 0 Å². The maximum absolute atomic E-state index is 2.47. The highest BCUT2D eigenvalue weighted by Crippen LogP contribution is 2.41. The molecule has 0 atom stereocenters. The van der Waals surface area contributed by atoms with Crippen LogP contribution in [0.5, 0.6) is 0 Å². The molecule has 1 aliphatic carbocycles. The largest absolute Gasteiger partial charge is 0.311 e. The van der Waals surface area contributed by atoms with E-state index < -0.39 is 0 Å². The monoisotopic (exact) mass is 571 g/mol. The Morgan fingerprint density at radius 1 is 0.511 bits per heavy atom. The van der Waals surface area contributed by atoms with E-state index in [4.69, 9.17) is 0 Å². The van der Waals surface area contributed by atoms with E-state index in [0.717, 1.165) is 25.1 Å². The zero-order chi connectivity index (χ0) is 29.7. The van der Waals surface area contributed by atoms with Crippen molar-refractivity contribution in [1.82, 2.24) is 0 Å². The Labute approximate surface area is 264 Å². The summed E-state index contributed by atoms with van der Waals surface area (Å²) in [7, 11) is 0.933. The van der Waals surface area contributed by atoms with Crippen LogP contribution in [0.4, 0.5) is 17.1 Å². The van der Waals surface area contributed by atoms with Crippen LogP contribution in [0.3, 0.4) is 0 Å². The Morgan fingerprint density at radius 2 is 1.16 bits per heavy atom. The number of nitrogens with zero attached hydrogens (tertiary/aromatic N) is 1. The second-order valence-corrected chi connectivity index (χ2v) is 12.0. The molecule has 0 bridgehead atoms. The minimum absolute atomic E-state index is 0.933. The Kier molecular flexibility index (Phi) is 6.06. The van der Waals surface area contributed by atoms with Gasteiger partial charge in [-0.15, -0.1) is 0 Å². The number of rotatable bonds is 4. The first-order valence-corrected chi connectivity index (χ1v) is 15.8. The van der Waals surface area contributed by atoms with Gasteiger partial charge in [0.05, 0.1) is 0 Å². The molecule has 1 aliphatic heterocycles. The summed E-state index contributed by atoms with van der Waals surface area (Å²) in [5.74, 6) is 0. The number of fused-ring (bicyclic) bond motifs is 9. The lowest BCUT2D eigenvalue weighted by Gasteiger charge is -2.28. The molecule has 0 fully saturated rings. The second-order valence-electron chi connectivity index (χ2n) is 12.0. The highest BCUT2D eigenvalue weighted by molar-refractivity contribution is 6.75. The van der Waals surface area contributed by atoms with Crippen LogP contribution in [-0.2, 0) is 0 Å². The molecular formula is C43H30BN. The third-order valence-electron chi connectivity index (χ3n) is 9.51. The van der Waals surface area contributed by atoms with Crippen LogP contribution >= 0.6 is 0 Å². The summed E-state index contributed by atoms with van der Waals surface area (Å²) in [6, 6.07) is 49.4. The van der Waals surface area contributed by atoms with Crippen molar-refractivity contribution in [2.75, 3.05) is 4.90 Å². The van der Waals surface area contributed by atoms with E-state index >= 15 is 0 Å². The standard InChI is InChI=1S/C43H30BN/c1-2-4-13-29(12-3-1)30-22-24-31(25-23-30)45(42-21-11-19-39-38-18-9-10-20-41(38)44-43(39)42)32-26-27-37-35-16-6-5-14-33(35)34-15-7-8-17-36(34)40(37)28-32/h1-3,5-28,44H,4H2. The lowest BCUT2D eigenvalue weighted by molar-refractivity contribution is 1.30. The van der Waals surface area contributed by atoms with Crippen LogP contribution in [0, 0.1) is 0 Å². The van der Waals surface area contributed by atoms with Gasteiger partial charge in [0, 0.05) is 17.1 Å². The van der Waals surface area contributed by atoms with Gasteiger partial charge >= 0.3 is 0 Å². The molecule has 9 rings (SSSR count). The summed E-state index contributed by atoms with van der Waals surface area (Å²) in [6.45, 7) is 0. The molecule has 0 saturated heterocycles. The quantitative estimate of drug-likeness (QED) is 0.150. The van der Waals surface area contributed by atoms with Gasteiger partial charge in [-0.3, -0.25) is 0 Å². The van der Waals surface area contributed by atoms with Crippen molar-refractivity contribution in [1.29, 1.82) is 0 Å². The molecule has 7 aromatic carbocycles. The normalized spacial score (nSPS) is 13.4. The van der Waals surface area contributed by atoms with Gasteiger partial charge in [-0.25, -0.2) is 0 Å². The number of hydrogen-bond donors (Lipinski definition) is 0. The zero-order valence-corrected chi connectivity index (χ0v) is 24.9. The molecule has 0 aromatic heterocycles. The topological polar surface area (TPSA) is 3.24 Å². The number of hydrogen-bond acceptors (Lipinski definition) is 1. The van der Waals surface area contributed by atoms with Gasteiger partial charge in [-0.1, -0.05) is 139 Å². The molecule has 1 heterocycles. The smallest absolute Gasteiger partial charge is 0.196 e. The number of anilines is 3. The molecule has 45 heavy (non-hydrogen) atoms. The fourth-order valence-electron chi connectivity index (χ4n) is 7.41. The van der Waals surface area contributed by atoms with Crippen LogP contribution in [0.15, 0.2) is 164 Å². The molecular weight excluding hydrogens is 541 g/mol. The third kappa shape index (κ3) is 4.25. The Bertz CT molecular complexity index is 2340. The fourth-order valence-corrected chi connectivity index (χ4v) is 7.41. The summed E-state index contributed by atoms with van der Waals surface area (Å²) >= 11 is 0. The van der Waals surface area contributed by atoms with Gasteiger partial charge in [0.2, 0.25) is 0 Å². The van der Waals surface area contributed by atoms with E-state index in [1.165, 1.54) is 71.2 Å². The van der Waals surface area contributed by atoms with Crippen molar-refractivity contribution in [2.24, 2.45) is 0 Å². The van der Waals surface area contributed by atoms with Crippen LogP contribution in [0.1, 0.15) is 12.0 Å². The average molecular weight is 572 g/mol. The molecule has 210 valence electrons. The molecule has 1 nitrogen and oxygen atoms in total. The summed E-state index contributed by atoms with van der Waals surface area (Å²) in [5, 5.41) is 7.74. The lowest BCUT2D eigenvalue weighted by atomic mass is 9.67. The first-order valence-electron chi connectivity index (χ1n) is 15.8. The first-order chi connectivity index (χ1) is 22.3. The van der Waals surface area contributed by atoms with Gasteiger partial charge in [0.1, 0.15) is 0 Å². The van der Waals surface area contributed by atoms with Crippen molar-refractivity contribution >= 4 is 73.2 Å². The highest BCUT2D eigenvalue weighted by atomic mass is 15.1. The van der Waals surface area contributed by atoms with Crippen molar-refractivity contribution in [3.8, 4) is 11.1 Å². The summed E-state index contributed by atoms with van der Waals surface area (Å²) < 4.78 is 0. The van der Waals surface area contributed by atoms with Crippen molar-refractivity contribution in [2.45, 2.75) is 6.42 Å². The minimum Gasteiger partial charge on any atom is -0.311 e. The van der Waals surface area contributed by atoms with Crippen LogP contribution in [-0.4, -0.2) is 7.28 Å². The fraction of sp³-hybridized carbons (Fsp3) is 0.0233. The van der Waals surface area contributed by atoms with E-state index in [-0.39, 0.29) is 0 Å². The van der Waals surface area contributed by atoms with Gasteiger partial charge in [0.15, 0.2) is 7.28 Å². The number of allylic oxidation sites excluding steroid dienone is 6. The van der Waals surface area contributed by atoms with Gasteiger partial charge < -0.3 is 4.90 Å². The maximum Gasteiger partial charge on any atom is 0.196 e. The SMILES string of the molecule is B1c2ccccc2-c2cccc(N(c3ccc(C4=CCC=CC=C4)cc3)c3ccc4c5ccccc5c5ccccc5c4c3)c21. The molecule has 2 heteroatoms. The van der Waals surface area contributed by atoms with Crippen LogP contribution in [0.2, 0.25) is 0 Å². The molecule has 0 spiro atoms. The number of benzene rings is 7. The third-order valence-corrected chi connectivity index (χ3v) is 9.51. The van der Waals surface area contributed by atoms with Gasteiger partial charge in [-0.2, -0.15) is 0 Å². The molecule has 2 aliphatic rings. The first kappa shape index (κ1) is 25.9. The zero-order valence-electron chi connectivity index (χ0n) is 24.9. The Hall–Kier alpha value is -5.60. The molecule has 0 radical (unpaired) electrons. The Balaban J connectivity index is 1.27. The maximum atomic E-state index is 2.47. The second kappa shape index (κ2) is 10.5. The van der Waals surface area contributed by atoms with Crippen molar-refractivity contribution < 1.29 is 0 Å². The van der Waals surface area contributed by atoms with Crippen LogP contribution < -0.4 is 15.8 Å². The van der Waals surface area contributed by atoms with E-state index in [1.807, 2.05) is 0 Å². The van der Waals surface area contributed by atoms with Crippen molar-refractivity contribution in [3.05, 3.63) is 169 Å². The molecule has 7 aromatic rings. The lowest BCUT2D eigenvalue weighted by Crippen LogP contribution is -2.27. The molecule has 0 unspecified atom stereocenters. The summed E-state index contributed by atoms with van der Waals surface area (Å²) in [4.78, 5) is 2.47. The van der Waals surface area contributed by atoms with Gasteiger partial charge in [-0.05, 0) is 96.8 Å². The summed E-state index contributed by atoms with van der Waals surface area (Å²) in [6.07, 6.45) is 11.9. The molecule has 0 N–H and O–H groups in total. The van der Waals surface area contributed by atoms with E-state index in [0.29, 0.717) is 0 Å². The predicted molar refractivity (Wildman–Crippen MR) is 196 cm³/mol. The average Bonchev–Trinajstić information content (AvgIpc) is 3.27. The highest BCUT2D eigenvalue weighted by Gasteiger charge is 2.26. The Morgan fingerprint density at radius 3 is 1.93 bits per heavy atom. The van der Waals surface area contributed by atoms with Crippen LogP contribution in [0.25, 0.3) is 49.0 Å². The van der Waals surface area contributed by atoms with E-state index in [2.05, 4.69) is 169 Å². The minimum atomic E-state index is 0.933. The van der Waals surface area contributed by atoms with E-state index in [1.54, 1.807) is 0 Å². The predicted octanol–water partition coefficient (Wildman–Crippen LogP) is 9.88.